The van der Waals surface area contributed by atoms with E-state index in [9.17, 15) is 15.0 Å². The van der Waals surface area contributed by atoms with Crippen LogP contribution in [0, 0.1) is 6.92 Å². The molecule has 0 spiro atoms. The van der Waals surface area contributed by atoms with Crippen LogP contribution < -0.4 is 10.2 Å². The molecule has 3 rings (SSSR count). The number of ether oxygens (including phenoxy) is 1. The quantitative estimate of drug-likeness (QED) is 0.674. The van der Waals surface area contributed by atoms with E-state index >= 15 is 0 Å². The highest BCUT2D eigenvalue weighted by Gasteiger charge is 2.19. The molecule has 0 amide bonds. The summed E-state index contributed by atoms with van der Waals surface area (Å²) in [4.78, 5) is 12.6. The number of methoxy groups -OCH3 is 1. The fraction of sp³-hybridized carbons (Fsp3) is 0.133. The first-order valence-electron chi connectivity index (χ1n) is 6.09. The molecular formula is C15H11ClO5. The minimum atomic E-state index is -0.411. The highest BCUT2D eigenvalue weighted by atomic mass is 35.5. The Balaban J connectivity index is 2.63. The standard InChI is InChI=1S/C15H11ClO5/c1-6-3-7(17)4-9-11(6)14(19)12-8(18)5-10(20-2)13(16)15(12)21-9/h3-5,17-18H,1-2H3. The number of fused-ring (bicyclic) bond motifs is 2. The van der Waals surface area contributed by atoms with Gasteiger partial charge < -0.3 is 19.4 Å². The Kier molecular flexibility index (Phi) is 2.95. The number of phenolic OH excluding ortho intramolecular Hbond substituents is 2. The largest absolute Gasteiger partial charge is 0.508 e. The van der Waals surface area contributed by atoms with E-state index in [4.69, 9.17) is 20.8 Å². The van der Waals surface area contributed by atoms with Crippen molar-refractivity contribution in [1.82, 2.24) is 0 Å². The van der Waals surface area contributed by atoms with E-state index in [1.54, 1.807) is 6.92 Å². The average Bonchev–Trinajstić information content (AvgIpc) is 2.41. The summed E-state index contributed by atoms with van der Waals surface area (Å²) in [5.41, 5.74) is 0.355. The van der Waals surface area contributed by atoms with Gasteiger partial charge in [-0.3, -0.25) is 4.79 Å². The van der Waals surface area contributed by atoms with Crippen LogP contribution in [0.4, 0.5) is 0 Å². The first-order valence-corrected chi connectivity index (χ1v) is 6.47. The van der Waals surface area contributed by atoms with Gasteiger partial charge in [-0.1, -0.05) is 11.6 Å². The molecule has 1 heterocycles. The number of hydrogen-bond donors (Lipinski definition) is 2. The third-order valence-corrected chi connectivity index (χ3v) is 3.69. The van der Waals surface area contributed by atoms with Crippen molar-refractivity contribution in [2.75, 3.05) is 7.11 Å². The van der Waals surface area contributed by atoms with Gasteiger partial charge in [0.2, 0.25) is 5.43 Å². The maximum Gasteiger partial charge on any atom is 0.204 e. The van der Waals surface area contributed by atoms with Crippen molar-refractivity contribution in [3.63, 3.8) is 0 Å². The molecule has 0 saturated carbocycles. The lowest BCUT2D eigenvalue weighted by molar-refractivity contribution is 0.408. The number of rotatable bonds is 1. The van der Waals surface area contributed by atoms with Gasteiger partial charge in [-0.05, 0) is 18.6 Å². The van der Waals surface area contributed by atoms with Crippen LogP contribution in [0.5, 0.6) is 17.2 Å². The molecule has 3 aromatic rings. The molecule has 0 radical (unpaired) electrons. The SMILES string of the molecule is COc1cc(O)c2c(=O)c3c(C)cc(O)cc3oc2c1Cl. The Hall–Kier alpha value is -2.40. The first-order chi connectivity index (χ1) is 9.93. The minimum Gasteiger partial charge on any atom is -0.508 e. The van der Waals surface area contributed by atoms with Crippen molar-refractivity contribution in [1.29, 1.82) is 0 Å². The van der Waals surface area contributed by atoms with Gasteiger partial charge >= 0.3 is 0 Å². The van der Waals surface area contributed by atoms with Crippen LogP contribution in [-0.4, -0.2) is 17.3 Å². The lowest BCUT2D eigenvalue weighted by Crippen LogP contribution is -2.05. The summed E-state index contributed by atoms with van der Waals surface area (Å²) in [7, 11) is 1.39. The highest BCUT2D eigenvalue weighted by molar-refractivity contribution is 6.36. The molecule has 1 aromatic heterocycles. The first kappa shape index (κ1) is 13.6. The molecule has 0 aliphatic carbocycles. The van der Waals surface area contributed by atoms with Crippen molar-refractivity contribution in [3.8, 4) is 17.2 Å². The highest BCUT2D eigenvalue weighted by Crippen LogP contribution is 2.39. The monoisotopic (exact) mass is 306 g/mol. The van der Waals surface area contributed by atoms with Gasteiger partial charge in [0.25, 0.3) is 0 Å². The van der Waals surface area contributed by atoms with Gasteiger partial charge in [0.15, 0.2) is 5.58 Å². The van der Waals surface area contributed by atoms with Gasteiger partial charge in [-0.15, -0.1) is 0 Å². The lowest BCUT2D eigenvalue weighted by Gasteiger charge is -2.10. The average molecular weight is 307 g/mol. The molecule has 0 fully saturated rings. The van der Waals surface area contributed by atoms with Crippen LogP contribution in [0.2, 0.25) is 5.02 Å². The molecule has 2 N–H and O–H groups in total. The number of aryl methyl sites for hydroxylation is 1. The minimum absolute atomic E-state index is 0.0120. The number of halogens is 1. The summed E-state index contributed by atoms with van der Waals surface area (Å²) in [5.74, 6) is -0.0962. The second-order valence-corrected chi connectivity index (χ2v) is 5.06. The number of benzene rings is 2. The van der Waals surface area contributed by atoms with E-state index in [1.807, 2.05) is 0 Å². The zero-order valence-electron chi connectivity index (χ0n) is 11.2. The van der Waals surface area contributed by atoms with Crippen molar-refractivity contribution in [3.05, 3.63) is 39.0 Å². The van der Waals surface area contributed by atoms with E-state index < -0.39 is 5.43 Å². The summed E-state index contributed by atoms with van der Waals surface area (Å²) >= 11 is 6.13. The molecule has 21 heavy (non-hydrogen) atoms. The molecule has 0 aliphatic rings. The van der Waals surface area contributed by atoms with Crippen LogP contribution in [0.15, 0.2) is 27.4 Å². The second kappa shape index (κ2) is 4.56. The Labute approximate surface area is 123 Å². The van der Waals surface area contributed by atoms with Crippen molar-refractivity contribution >= 4 is 33.5 Å². The van der Waals surface area contributed by atoms with Crippen molar-refractivity contribution in [2.45, 2.75) is 6.92 Å². The number of hydrogen-bond acceptors (Lipinski definition) is 5. The van der Waals surface area contributed by atoms with Gasteiger partial charge in [0.05, 0.1) is 12.5 Å². The molecule has 108 valence electrons. The van der Waals surface area contributed by atoms with Crippen LogP contribution >= 0.6 is 11.6 Å². The number of aromatic hydroxyl groups is 2. The predicted molar refractivity (Wildman–Crippen MR) is 79.6 cm³/mol. The van der Waals surface area contributed by atoms with Crippen molar-refractivity contribution in [2.24, 2.45) is 0 Å². The van der Waals surface area contributed by atoms with Crippen LogP contribution in [0.1, 0.15) is 5.56 Å². The maximum atomic E-state index is 12.6. The zero-order valence-corrected chi connectivity index (χ0v) is 12.0. The molecule has 0 atom stereocenters. The second-order valence-electron chi connectivity index (χ2n) is 4.68. The molecule has 5 nitrogen and oxygen atoms in total. The summed E-state index contributed by atoms with van der Waals surface area (Å²) in [6.45, 7) is 1.67. The van der Waals surface area contributed by atoms with Gasteiger partial charge in [0.1, 0.15) is 33.2 Å². The maximum absolute atomic E-state index is 12.6. The lowest BCUT2D eigenvalue weighted by atomic mass is 10.1. The topological polar surface area (TPSA) is 79.9 Å². The Morgan fingerprint density at radius 2 is 1.90 bits per heavy atom. The van der Waals surface area contributed by atoms with Crippen LogP contribution in [0.25, 0.3) is 21.9 Å². The molecular weight excluding hydrogens is 296 g/mol. The van der Waals surface area contributed by atoms with Crippen molar-refractivity contribution < 1.29 is 19.4 Å². The third kappa shape index (κ3) is 1.89. The smallest absolute Gasteiger partial charge is 0.204 e. The molecule has 0 aliphatic heterocycles. The van der Waals surface area contributed by atoms with E-state index in [0.29, 0.717) is 5.56 Å². The van der Waals surface area contributed by atoms with Crippen LogP contribution in [-0.2, 0) is 0 Å². The predicted octanol–water partition coefficient (Wildman–Crippen LogP) is 3.33. The fourth-order valence-corrected chi connectivity index (χ4v) is 2.67. The third-order valence-electron chi connectivity index (χ3n) is 3.34. The number of phenols is 2. The molecule has 2 aromatic carbocycles. The molecule has 6 heteroatoms. The summed E-state index contributed by atoms with van der Waals surface area (Å²) in [6.07, 6.45) is 0. The zero-order chi connectivity index (χ0) is 15.3. The van der Waals surface area contributed by atoms with E-state index in [-0.39, 0.29) is 44.2 Å². The van der Waals surface area contributed by atoms with E-state index in [0.717, 1.165) is 0 Å². The summed E-state index contributed by atoms with van der Waals surface area (Å²) < 4.78 is 10.6. The van der Waals surface area contributed by atoms with Gasteiger partial charge in [-0.2, -0.15) is 0 Å². The fourth-order valence-electron chi connectivity index (χ4n) is 2.40. The normalized spacial score (nSPS) is 11.2. The molecule has 0 saturated heterocycles. The molecule has 0 bridgehead atoms. The Morgan fingerprint density at radius 1 is 1.19 bits per heavy atom. The summed E-state index contributed by atoms with van der Waals surface area (Å²) in [5, 5.41) is 20.0. The Morgan fingerprint density at radius 3 is 2.57 bits per heavy atom. The summed E-state index contributed by atoms with van der Waals surface area (Å²) in [6, 6.07) is 4.05. The van der Waals surface area contributed by atoms with Gasteiger partial charge in [-0.25, -0.2) is 0 Å². The Bertz CT molecular complexity index is 943. The van der Waals surface area contributed by atoms with Gasteiger partial charge in [0, 0.05) is 12.1 Å². The van der Waals surface area contributed by atoms with E-state index in [2.05, 4.69) is 0 Å². The van der Waals surface area contributed by atoms with E-state index in [1.165, 1.54) is 25.3 Å². The molecule has 0 unspecified atom stereocenters. The van der Waals surface area contributed by atoms with Crippen LogP contribution in [0.3, 0.4) is 0 Å².